The molecule has 12 aliphatic heterocycles. The Morgan fingerprint density at radius 1 is 0.270 bits per heavy atom. The molecule has 4 atom stereocenters. The Balaban J connectivity index is -0.0000000922. The molecule has 0 aromatic rings. The van der Waals surface area contributed by atoms with E-state index in [1.165, 1.54) is 146 Å². The van der Waals surface area contributed by atoms with Crippen LogP contribution in [0.1, 0.15) is 411 Å². The zero-order valence-electron chi connectivity index (χ0n) is 88.4. The van der Waals surface area contributed by atoms with E-state index in [4.69, 9.17) is 9.47 Å². The Labute approximate surface area is 723 Å². The van der Waals surface area contributed by atoms with Gasteiger partial charge in [-0.05, 0) is 215 Å². The van der Waals surface area contributed by atoms with Gasteiger partial charge in [0.2, 0.25) is 0 Å². The van der Waals surface area contributed by atoms with E-state index in [0.29, 0.717) is 71.1 Å². The minimum atomic E-state index is 0.500. The lowest BCUT2D eigenvalue weighted by Crippen LogP contribution is -2.41. The standard InChI is InChI=1S/C5H11N.12C5H12.2C4H9N.C4H8O.C4H8S.2C3H7N.C3H6O.C3H6S.C2H5N.C2H4O.C2H4S/c1-5-3-4-6(5)2;12*1-5(2,3)4;1-5-3-2-4-5;3*1-4-2-3-5-4;1-4-2-3-4;3*1-2-4-3-1;3*1-2-3-1/h5H,3-4H2,1-2H3;12*1-4H3;2-4H2,1H3;4-5H,2-3H2,1H3;2*4H,2-3H2,1H3;2-3H2,1H3;4H,1-3H2;2*1-3H2;3H,1-2H2;2*1-2H2. The number of nitrogens with zero attached hydrogens (tertiary/aromatic N) is 3. The second-order valence-corrected chi connectivity index (χ2v) is 54.7. The van der Waals surface area contributed by atoms with E-state index >= 15 is 0 Å². The molecule has 0 aliphatic carbocycles. The van der Waals surface area contributed by atoms with E-state index < -0.39 is 0 Å². The van der Waals surface area contributed by atoms with Crippen molar-refractivity contribution in [2.24, 2.45) is 65.0 Å². The summed E-state index contributed by atoms with van der Waals surface area (Å²) in [6.45, 7) is 132. The molecule has 0 spiro atoms. The van der Waals surface area contributed by atoms with Crippen molar-refractivity contribution in [3.8, 4) is 0 Å². The van der Waals surface area contributed by atoms with Crippen LogP contribution in [0.3, 0.4) is 0 Å². The number of nitrogens with one attached hydrogen (secondary N) is 3. The van der Waals surface area contributed by atoms with Crippen LogP contribution in [-0.2, 0) is 14.2 Å². The van der Waals surface area contributed by atoms with Crippen LogP contribution in [-0.4, -0.2) is 187 Å². The molecule has 12 fully saturated rings. The lowest BCUT2D eigenvalue weighted by atomic mass is 10.0. The number of hydrogen-bond acceptors (Lipinski definition) is 12. The van der Waals surface area contributed by atoms with Gasteiger partial charge in [0.15, 0.2) is 0 Å². The van der Waals surface area contributed by atoms with Crippen LogP contribution < -0.4 is 16.0 Å². The number of likely N-dealkylation sites (N-methyl/N-ethyl adjacent to an activating group) is 1. The monoisotopic (exact) mass is 1650 g/mol. The van der Waals surface area contributed by atoms with Crippen molar-refractivity contribution in [1.29, 1.82) is 0 Å². The highest BCUT2D eigenvalue weighted by Gasteiger charge is 2.17. The quantitative estimate of drug-likeness (QED) is 0.202. The van der Waals surface area contributed by atoms with E-state index in [9.17, 15) is 0 Å². The number of likely N-dealkylation sites (tertiary alicyclic amines) is 2. The van der Waals surface area contributed by atoms with Gasteiger partial charge >= 0.3 is 0 Å². The van der Waals surface area contributed by atoms with Crippen LogP contribution in [0.25, 0.3) is 0 Å². The summed E-state index contributed by atoms with van der Waals surface area (Å²) in [6, 6.07) is 1.68. The highest BCUT2D eigenvalue weighted by molar-refractivity contribution is 8.06. The molecule has 0 aromatic carbocycles. The molecule has 3 N–H and O–H groups in total. The molecule has 9 nitrogen and oxygen atoms in total. The van der Waals surface area contributed by atoms with Crippen molar-refractivity contribution in [2.75, 3.05) is 148 Å². The predicted molar refractivity (Wildman–Crippen MR) is 532 cm³/mol. The molecule has 12 heteroatoms. The van der Waals surface area contributed by atoms with E-state index in [1.54, 1.807) is 0 Å². The van der Waals surface area contributed by atoms with Crippen molar-refractivity contribution in [3.63, 3.8) is 0 Å². The third kappa shape index (κ3) is 489. The molecule has 0 amide bonds. The third-order valence-electron chi connectivity index (χ3n) is 8.85. The summed E-state index contributed by atoms with van der Waals surface area (Å²) >= 11 is 6.10. The van der Waals surface area contributed by atoms with Gasteiger partial charge in [0.05, 0.1) is 19.3 Å². The van der Waals surface area contributed by atoms with Crippen LogP contribution in [0.2, 0.25) is 0 Å². The van der Waals surface area contributed by atoms with Crippen molar-refractivity contribution in [1.82, 2.24) is 30.7 Å². The van der Waals surface area contributed by atoms with Gasteiger partial charge in [-0.3, -0.25) is 0 Å². The first-order chi connectivity index (χ1) is 48.8. The van der Waals surface area contributed by atoms with Crippen molar-refractivity contribution >= 4 is 35.3 Å². The first kappa shape index (κ1) is 138. The van der Waals surface area contributed by atoms with Gasteiger partial charge in [-0.25, -0.2) is 0 Å². The molecule has 12 rings (SSSR count). The number of epoxide rings is 1. The Bertz CT molecular complexity index is 1310. The maximum atomic E-state index is 4.93. The number of thioether (sulfide) groups is 3. The van der Waals surface area contributed by atoms with Crippen molar-refractivity contribution in [2.45, 2.75) is 435 Å². The number of hydrogen-bond donors (Lipinski definition) is 3. The summed E-state index contributed by atoms with van der Waals surface area (Å²) in [6.07, 6.45) is 11.6. The van der Waals surface area contributed by atoms with Crippen LogP contribution in [0.15, 0.2) is 0 Å². The molecule has 0 aromatic heterocycles. The van der Waals surface area contributed by atoms with E-state index in [0.717, 1.165) is 50.4 Å². The Kier molecular flexibility index (Phi) is 96.7. The molecule has 12 saturated heterocycles. The average Bonchev–Trinajstić information content (AvgIpc) is 1.75. The SMILES string of the molecule is C1CN1.C1CNC1.C1CO1.C1COC1.C1CS1.C1CSC1.CC(C)(C)C.CC(C)(C)C.CC(C)(C)C.CC(C)(C)C.CC(C)(C)C.CC(C)(C)C.CC(C)(C)C.CC(C)(C)C.CC(C)(C)C.CC(C)(C)C.CC(C)(C)C.CC(C)(C)C.CC1CCN1.CC1CCN1C.CC1CCO1.CC1CCS1.CN1CC1.CN1CCC1. The third-order valence-corrected chi connectivity index (χ3v) is 11.7. The smallest absolute Gasteiger partial charge is 0.0701 e. The Hall–Kier alpha value is 0.690. The minimum Gasteiger partial charge on any atom is -0.381 e. The highest BCUT2D eigenvalue weighted by atomic mass is 32.2. The average molecular weight is 1650 g/mol. The summed E-state index contributed by atoms with van der Waals surface area (Å²) in [5.41, 5.74) is 6.00. The zero-order valence-corrected chi connectivity index (χ0v) is 90.8. The predicted octanol–water partition coefficient (Wildman–Crippen LogP) is 30.1. The second-order valence-electron chi connectivity index (χ2n) is 50.7. The minimum absolute atomic E-state index is 0.500. The largest absolute Gasteiger partial charge is 0.381 e. The van der Waals surface area contributed by atoms with Crippen LogP contribution in [0.5, 0.6) is 0 Å². The molecular formula is C99H228N6O3S3. The van der Waals surface area contributed by atoms with Gasteiger partial charge in [0.1, 0.15) is 0 Å². The van der Waals surface area contributed by atoms with Gasteiger partial charge < -0.3 is 44.9 Å². The molecule has 0 radical (unpaired) electrons. The molecule has 0 bridgehead atoms. The molecule has 0 saturated carbocycles. The van der Waals surface area contributed by atoms with Gasteiger partial charge in [0.25, 0.3) is 0 Å². The van der Waals surface area contributed by atoms with Crippen LogP contribution in [0.4, 0.5) is 0 Å². The fraction of sp³-hybridized carbons (Fsp3) is 1.00. The number of ether oxygens (including phenoxy) is 3. The Morgan fingerprint density at radius 2 is 0.423 bits per heavy atom. The van der Waals surface area contributed by atoms with Gasteiger partial charge in [0, 0.05) is 74.8 Å². The fourth-order valence-electron chi connectivity index (χ4n) is 2.83. The van der Waals surface area contributed by atoms with Gasteiger partial charge in [-0.2, -0.15) is 35.3 Å². The van der Waals surface area contributed by atoms with E-state index in [2.05, 4.69) is 428 Å². The lowest BCUT2D eigenvalue weighted by molar-refractivity contribution is -0.0375. The summed E-state index contributed by atoms with van der Waals surface area (Å²) < 4.78 is 14.2. The fourth-order valence-corrected chi connectivity index (χ4v) is 3.82. The first-order valence-electron chi connectivity index (χ1n) is 44.5. The normalized spacial score (nSPS) is 20.0. The second kappa shape index (κ2) is 78.0. The molecular weight excluding hydrogens is 1420 g/mol. The number of rotatable bonds is 0. The summed E-state index contributed by atoms with van der Waals surface area (Å²) in [4.78, 5) is 6.90. The van der Waals surface area contributed by atoms with Crippen molar-refractivity contribution < 1.29 is 14.2 Å². The van der Waals surface area contributed by atoms with Crippen LogP contribution in [0, 0.1) is 65.0 Å². The molecule has 12 heterocycles. The molecule has 690 valence electrons. The molecule has 111 heavy (non-hydrogen) atoms. The Morgan fingerprint density at radius 3 is 0.423 bits per heavy atom. The summed E-state index contributed by atoms with van der Waals surface area (Å²) in [5.74, 6) is 7.07. The van der Waals surface area contributed by atoms with E-state index in [-0.39, 0.29) is 0 Å². The lowest BCUT2D eigenvalue weighted by Gasteiger charge is -2.34. The summed E-state index contributed by atoms with van der Waals surface area (Å²) in [7, 11) is 6.41. The van der Waals surface area contributed by atoms with Crippen LogP contribution >= 0.6 is 35.3 Å². The molecule has 4 unspecified atom stereocenters. The summed E-state index contributed by atoms with van der Waals surface area (Å²) in [5, 5.41) is 10.3. The topological polar surface area (TPSA) is 86.5 Å². The van der Waals surface area contributed by atoms with Crippen molar-refractivity contribution in [3.05, 3.63) is 0 Å². The zero-order chi connectivity index (χ0) is 91.2. The first-order valence-corrected chi connectivity index (χ1v) is 47.9. The van der Waals surface area contributed by atoms with Gasteiger partial charge in [-0.15, -0.1) is 0 Å². The maximum Gasteiger partial charge on any atom is 0.0701 e. The van der Waals surface area contributed by atoms with E-state index in [1.807, 2.05) is 23.5 Å². The molecule has 12 aliphatic rings. The maximum absolute atomic E-state index is 4.93. The highest BCUT2D eigenvalue weighted by Crippen LogP contribution is 2.26. The van der Waals surface area contributed by atoms with Gasteiger partial charge in [-0.1, -0.05) is 339 Å².